The Bertz CT molecular complexity index is 747. The predicted molar refractivity (Wildman–Crippen MR) is 83.6 cm³/mol. The Labute approximate surface area is 127 Å². The Balaban J connectivity index is 2.15. The van der Waals surface area contributed by atoms with Gasteiger partial charge in [-0.05, 0) is 24.6 Å². The van der Waals surface area contributed by atoms with E-state index < -0.39 is 0 Å². The minimum atomic E-state index is -0.321. The maximum atomic E-state index is 11.8. The summed E-state index contributed by atoms with van der Waals surface area (Å²) in [6.07, 6.45) is 0. The van der Waals surface area contributed by atoms with Crippen LogP contribution in [0, 0.1) is 0 Å². The van der Waals surface area contributed by atoms with Crippen LogP contribution in [0.2, 0.25) is 5.02 Å². The topological polar surface area (TPSA) is 56.0 Å². The second-order valence-corrected chi connectivity index (χ2v) is 5.47. The Morgan fingerprint density at radius 3 is 2.38 bits per heavy atom. The van der Waals surface area contributed by atoms with Crippen LogP contribution >= 0.6 is 11.6 Å². The molecule has 0 saturated carbocycles. The van der Waals surface area contributed by atoms with Crippen molar-refractivity contribution >= 4 is 11.6 Å². The van der Waals surface area contributed by atoms with Crippen LogP contribution in [0.15, 0.2) is 39.9 Å². The highest BCUT2D eigenvalue weighted by atomic mass is 35.5. The lowest BCUT2D eigenvalue weighted by molar-refractivity contribution is 0.540. The van der Waals surface area contributed by atoms with E-state index in [4.69, 9.17) is 11.6 Å². The van der Waals surface area contributed by atoms with E-state index in [0.717, 1.165) is 10.1 Å². The molecule has 0 radical (unpaired) electrons. The van der Waals surface area contributed by atoms with Gasteiger partial charge in [0, 0.05) is 43.5 Å². The molecule has 0 fully saturated rings. The second-order valence-electron chi connectivity index (χ2n) is 5.03. The fraction of sp³-hybridized carbons (Fsp3) is 0.333. The normalized spacial score (nSPS) is 12.4. The summed E-state index contributed by atoms with van der Waals surface area (Å²) < 4.78 is 2.56. The summed E-state index contributed by atoms with van der Waals surface area (Å²) in [5.74, 6) is 0. The number of hydrogen-bond donors (Lipinski definition) is 1. The van der Waals surface area contributed by atoms with Crippen molar-refractivity contribution in [3.8, 4) is 0 Å². The molecule has 1 aromatic carbocycles. The molecular formula is C15H18ClN3O2. The largest absolute Gasteiger partial charge is 0.330 e. The first kappa shape index (κ1) is 15.5. The molecular weight excluding hydrogens is 290 g/mol. The van der Waals surface area contributed by atoms with Gasteiger partial charge in [-0.2, -0.15) is 0 Å². The van der Waals surface area contributed by atoms with Gasteiger partial charge in [0.05, 0.1) is 0 Å². The fourth-order valence-corrected chi connectivity index (χ4v) is 2.20. The van der Waals surface area contributed by atoms with Crippen molar-refractivity contribution in [2.45, 2.75) is 19.5 Å². The van der Waals surface area contributed by atoms with Gasteiger partial charge in [0.1, 0.15) is 0 Å². The Morgan fingerprint density at radius 1 is 1.14 bits per heavy atom. The van der Waals surface area contributed by atoms with Crippen LogP contribution in [-0.2, 0) is 20.6 Å². The number of hydrogen-bond acceptors (Lipinski definition) is 3. The van der Waals surface area contributed by atoms with Gasteiger partial charge in [-0.1, -0.05) is 23.7 Å². The van der Waals surface area contributed by atoms with Crippen molar-refractivity contribution in [2.75, 3.05) is 0 Å². The molecule has 0 spiro atoms. The maximum absolute atomic E-state index is 11.8. The summed E-state index contributed by atoms with van der Waals surface area (Å²) in [4.78, 5) is 23.5. The maximum Gasteiger partial charge on any atom is 0.330 e. The summed E-state index contributed by atoms with van der Waals surface area (Å²) in [5.41, 5.74) is 1.13. The molecule has 0 saturated heterocycles. The quantitative estimate of drug-likeness (QED) is 0.933. The average Bonchev–Trinajstić information content (AvgIpc) is 2.48. The first-order chi connectivity index (χ1) is 9.90. The number of nitrogens with one attached hydrogen (secondary N) is 1. The van der Waals surface area contributed by atoms with Gasteiger partial charge in [0.2, 0.25) is 0 Å². The molecule has 0 aliphatic heterocycles. The summed E-state index contributed by atoms with van der Waals surface area (Å²) in [5, 5.41) is 3.99. The van der Waals surface area contributed by atoms with Crippen molar-refractivity contribution in [1.82, 2.24) is 14.5 Å². The molecule has 1 aromatic heterocycles. The number of nitrogens with zero attached hydrogens (tertiary/aromatic N) is 2. The van der Waals surface area contributed by atoms with Crippen LogP contribution in [0.25, 0.3) is 0 Å². The summed E-state index contributed by atoms with van der Waals surface area (Å²) in [6, 6.07) is 9.13. The zero-order valence-electron chi connectivity index (χ0n) is 12.3. The number of halogens is 1. The van der Waals surface area contributed by atoms with Gasteiger partial charge in [-0.25, -0.2) is 4.79 Å². The molecule has 1 heterocycles. The van der Waals surface area contributed by atoms with Gasteiger partial charge in [-0.3, -0.25) is 13.9 Å². The lowest BCUT2D eigenvalue weighted by Crippen LogP contribution is -2.39. The molecule has 1 N–H and O–H groups in total. The Kier molecular flexibility index (Phi) is 4.65. The lowest BCUT2D eigenvalue weighted by Gasteiger charge is -2.16. The van der Waals surface area contributed by atoms with E-state index >= 15 is 0 Å². The molecule has 0 aliphatic carbocycles. The van der Waals surface area contributed by atoms with Crippen molar-refractivity contribution in [1.29, 1.82) is 0 Å². The third-order valence-electron chi connectivity index (χ3n) is 3.58. The molecule has 112 valence electrons. The Morgan fingerprint density at radius 2 is 1.76 bits per heavy atom. The third kappa shape index (κ3) is 3.43. The van der Waals surface area contributed by atoms with Crippen LogP contribution in [0.1, 0.15) is 24.2 Å². The predicted octanol–water partition coefficient (Wildman–Crippen LogP) is 1.59. The van der Waals surface area contributed by atoms with E-state index in [0.29, 0.717) is 17.3 Å². The molecule has 6 heteroatoms. The molecule has 0 amide bonds. The molecule has 21 heavy (non-hydrogen) atoms. The van der Waals surface area contributed by atoms with Gasteiger partial charge in [0.15, 0.2) is 0 Å². The Hall–Kier alpha value is -1.85. The van der Waals surface area contributed by atoms with E-state index in [1.54, 1.807) is 7.05 Å². The molecule has 0 bridgehead atoms. The van der Waals surface area contributed by atoms with Gasteiger partial charge >= 0.3 is 5.69 Å². The van der Waals surface area contributed by atoms with Crippen LogP contribution in [0.3, 0.4) is 0 Å². The van der Waals surface area contributed by atoms with Crippen LogP contribution in [0.5, 0.6) is 0 Å². The minimum absolute atomic E-state index is 0.0847. The number of rotatable bonds is 4. The van der Waals surface area contributed by atoms with Crippen LogP contribution in [-0.4, -0.2) is 9.13 Å². The smallest absolute Gasteiger partial charge is 0.305 e. The van der Waals surface area contributed by atoms with E-state index in [9.17, 15) is 9.59 Å². The monoisotopic (exact) mass is 307 g/mol. The van der Waals surface area contributed by atoms with Gasteiger partial charge < -0.3 is 5.32 Å². The first-order valence-electron chi connectivity index (χ1n) is 6.65. The molecule has 2 aromatic rings. The van der Waals surface area contributed by atoms with E-state index in [1.807, 2.05) is 31.2 Å². The molecule has 5 nitrogen and oxygen atoms in total. The van der Waals surface area contributed by atoms with Crippen molar-refractivity contribution in [2.24, 2.45) is 14.1 Å². The fourth-order valence-electron chi connectivity index (χ4n) is 2.07. The van der Waals surface area contributed by atoms with Crippen molar-refractivity contribution in [3.05, 3.63) is 67.4 Å². The SMILES string of the molecule is C[C@@H](NCc1cc(=O)n(C)c(=O)n1C)c1ccc(Cl)cc1. The molecule has 0 unspecified atom stereocenters. The van der Waals surface area contributed by atoms with Crippen LogP contribution in [0.4, 0.5) is 0 Å². The zero-order valence-corrected chi connectivity index (χ0v) is 13.0. The zero-order chi connectivity index (χ0) is 15.6. The average molecular weight is 308 g/mol. The summed E-state index contributed by atoms with van der Waals surface area (Å²) in [6.45, 7) is 2.45. The molecule has 1 atom stereocenters. The number of aromatic nitrogens is 2. The first-order valence-corrected chi connectivity index (χ1v) is 7.02. The highest BCUT2D eigenvalue weighted by Gasteiger charge is 2.09. The highest BCUT2D eigenvalue weighted by Crippen LogP contribution is 2.16. The van der Waals surface area contributed by atoms with Crippen molar-refractivity contribution < 1.29 is 0 Å². The lowest BCUT2D eigenvalue weighted by atomic mass is 10.1. The highest BCUT2D eigenvalue weighted by molar-refractivity contribution is 6.30. The summed E-state index contributed by atoms with van der Waals surface area (Å²) in [7, 11) is 3.13. The van der Waals surface area contributed by atoms with E-state index in [2.05, 4.69) is 5.32 Å². The number of benzene rings is 1. The molecule has 2 rings (SSSR count). The van der Waals surface area contributed by atoms with Gasteiger partial charge in [-0.15, -0.1) is 0 Å². The summed E-state index contributed by atoms with van der Waals surface area (Å²) >= 11 is 5.86. The van der Waals surface area contributed by atoms with Crippen LogP contribution < -0.4 is 16.6 Å². The van der Waals surface area contributed by atoms with E-state index in [-0.39, 0.29) is 17.3 Å². The van der Waals surface area contributed by atoms with E-state index in [1.165, 1.54) is 17.7 Å². The standard InChI is InChI=1S/C15H18ClN3O2/c1-10(11-4-6-12(16)7-5-11)17-9-13-8-14(20)19(3)15(21)18(13)2/h4-8,10,17H,9H2,1-3H3/t10-/m1/s1. The second kappa shape index (κ2) is 6.28. The molecule has 0 aliphatic rings. The van der Waals surface area contributed by atoms with Gasteiger partial charge in [0.25, 0.3) is 5.56 Å². The minimum Gasteiger partial charge on any atom is -0.305 e. The third-order valence-corrected chi connectivity index (χ3v) is 3.84. The van der Waals surface area contributed by atoms with Crippen molar-refractivity contribution in [3.63, 3.8) is 0 Å².